The van der Waals surface area contributed by atoms with Crippen molar-refractivity contribution in [3.8, 4) is 0 Å². The number of aryl methyl sites for hydroxylation is 1. The molecule has 0 fully saturated rings. The van der Waals surface area contributed by atoms with E-state index in [9.17, 15) is 4.79 Å². The molecule has 2 aliphatic rings. The molecule has 0 saturated carbocycles. The smallest absolute Gasteiger partial charge is 0.247 e. The summed E-state index contributed by atoms with van der Waals surface area (Å²) in [6.07, 6.45) is 0.976. The zero-order chi connectivity index (χ0) is 16.8. The van der Waals surface area contributed by atoms with Gasteiger partial charge in [0.05, 0.1) is 0 Å². The molecule has 124 valence electrons. The molecule has 0 spiro atoms. The van der Waals surface area contributed by atoms with Crippen LogP contribution in [0.3, 0.4) is 0 Å². The number of para-hydroxylation sites is 1. The third kappa shape index (κ3) is 2.29. The second-order valence-electron chi connectivity index (χ2n) is 6.70. The first-order valence-corrected chi connectivity index (χ1v) is 8.36. The van der Waals surface area contributed by atoms with Crippen molar-refractivity contribution in [3.05, 3.63) is 35.7 Å². The quantitative estimate of drug-likeness (QED) is 0.889. The minimum absolute atomic E-state index is 0.0290. The van der Waals surface area contributed by atoms with Gasteiger partial charge in [-0.05, 0) is 30.9 Å². The lowest BCUT2D eigenvalue weighted by molar-refractivity contribution is -0.117. The largest absolute Gasteiger partial charge is 0.356 e. The fraction of sp³-hybridized carbons (Fsp3) is 0.389. The van der Waals surface area contributed by atoms with Crippen molar-refractivity contribution in [2.45, 2.75) is 33.2 Å². The predicted molar refractivity (Wildman–Crippen MR) is 94.8 cm³/mol. The molecule has 4 rings (SSSR count). The van der Waals surface area contributed by atoms with Crippen LogP contribution in [0.4, 0.5) is 23.0 Å². The second kappa shape index (κ2) is 5.47. The maximum atomic E-state index is 12.4. The van der Waals surface area contributed by atoms with E-state index < -0.39 is 0 Å². The molecule has 0 radical (unpaired) electrons. The molecule has 1 aromatic carbocycles. The summed E-state index contributed by atoms with van der Waals surface area (Å²) in [6.45, 7) is 6.78. The molecule has 2 aliphatic heterocycles. The number of amides is 1. The zero-order valence-corrected chi connectivity index (χ0v) is 14.1. The monoisotopic (exact) mass is 323 g/mol. The molecule has 1 unspecified atom stereocenters. The van der Waals surface area contributed by atoms with Crippen LogP contribution in [0.25, 0.3) is 0 Å². The summed E-state index contributed by atoms with van der Waals surface area (Å²) in [7, 11) is 0. The first-order chi connectivity index (χ1) is 11.5. The number of nitrogens with zero attached hydrogens (tertiary/aromatic N) is 3. The molecule has 0 aliphatic carbocycles. The molecule has 6 heteroatoms. The van der Waals surface area contributed by atoms with Crippen LogP contribution in [0.2, 0.25) is 0 Å². The van der Waals surface area contributed by atoms with E-state index in [1.165, 1.54) is 5.56 Å². The Hall–Kier alpha value is -2.63. The summed E-state index contributed by atoms with van der Waals surface area (Å²) >= 11 is 0. The number of anilines is 4. The lowest BCUT2D eigenvalue weighted by Crippen LogP contribution is -2.43. The van der Waals surface area contributed by atoms with Crippen LogP contribution in [-0.2, 0) is 11.2 Å². The Morgan fingerprint density at radius 1 is 1.25 bits per heavy atom. The Balaban J connectivity index is 1.81. The van der Waals surface area contributed by atoms with Gasteiger partial charge < -0.3 is 15.5 Å². The van der Waals surface area contributed by atoms with Crippen LogP contribution in [0.15, 0.2) is 24.3 Å². The third-order valence-electron chi connectivity index (χ3n) is 4.63. The average Bonchev–Trinajstić information content (AvgIpc) is 2.97. The Morgan fingerprint density at radius 2 is 2.04 bits per heavy atom. The zero-order valence-electron chi connectivity index (χ0n) is 14.1. The summed E-state index contributed by atoms with van der Waals surface area (Å²) in [6, 6.07) is 8.05. The highest BCUT2D eigenvalue weighted by molar-refractivity contribution is 6.05. The lowest BCUT2D eigenvalue weighted by atomic mass is 10.0. The molecule has 1 aromatic heterocycles. The summed E-state index contributed by atoms with van der Waals surface area (Å²) in [5.74, 6) is 2.33. The van der Waals surface area contributed by atoms with Gasteiger partial charge in [-0.1, -0.05) is 32.0 Å². The molecule has 3 heterocycles. The Bertz CT molecular complexity index is 817. The van der Waals surface area contributed by atoms with Crippen molar-refractivity contribution in [2.75, 3.05) is 22.1 Å². The first-order valence-electron chi connectivity index (χ1n) is 8.36. The number of benzene rings is 1. The normalized spacial score (nSPS) is 18.9. The van der Waals surface area contributed by atoms with Gasteiger partial charge in [0, 0.05) is 12.2 Å². The Kier molecular flexibility index (Phi) is 3.40. The third-order valence-corrected chi connectivity index (χ3v) is 4.63. The van der Waals surface area contributed by atoms with Gasteiger partial charge >= 0.3 is 0 Å². The molecular formula is C18H21N5O. The molecule has 6 nitrogen and oxygen atoms in total. The number of nitrogens with one attached hydrogen (secondary N) is 2. The molecule has 2 N–H and O–H groups in total. The summed E-state index contributed by atoms with van der Waals surface area (Å²) in [5, 5.41) is 6.31. The van der Waals surface area contributed by atoms with E-state index in [-0.39, 0.29) is 17.9 Å². The summed E-state index contributed by atoms with van der Waals surface area (Å²) in [4.78, 5) is 23.8. The van der Waals surface area contributed by atoms with E-state index in [2.05, 4.69) is 43.7 Å². The van der Waals surface area contributed by atoms with Gasteiger partial charge in [-0.2, -0.15) is 0 Å². The minimum atomic E-state index is -0.273. The summed E-state index contributed by atoms with van der Waals surface area (Å²) < 4.78 is 0. The number of carbonyl (C=O) groups is 1. The molecule has 24 heavy (non-hydrogen) atoms. The highest BCUT2D eigenvalue weighted by Crippen LogP contribution is 2.41. The fourth-order valence-electron chi connectivity index (χ4n) is 3.41. The Morgan fingerprint density at radius 3 is 2.83 bits per heavy atom. The van der Waals surface area contributed by atoms with Gasteiger partial charge in [0.1, 0.15) is 17.6 Å². The number of aromatic nitrogens is 2. The molecular weight excluding hydrogens is 302 g/mol. The van der Waals surface area contributed by atoms with Gasteiger partial charge in [-0.15, -0.1) is 0 Å². The number of hydrogen-bond donors (Lipinski definition) is 2. The van der Waals surface area contributed by atoms with Gasteiger partial charge in [-0.3, -0.25) is 4.79 Å². The Labute approximate surface area is 141 Å². The van der Waals surface area contributed by atoms with Crippen LogP contribution >= 0.6 is 0 Å². The molecule has 0 bridgehead atoms. The van der Waals surface area contributed by atoms with Crippen LogP contribution in [0, 0.1) is 12.8 Å². The highest BCUT2D eigenvalue weighted by atomic mass is 16.2. The van der Waals surface area contributed by atoms with Crippen molar-refractivity contribution >= 4 is 28.9 Å². The van der Waals surface area contributed by atoms with Crippen molar-refractivity contribution < 1.29 is 4.79 Å². The number of carbonyl (C=O) groups excluding carboxylic acids is 1. The predicted octanol–water partition coefficient (Wildman–Crippen LogP) is 2.87. The maximum absolute atomic E-state index is 12.4. The van der Waals surface area contributed by atoms with E-state index in [4.69, 9.17) is 0 Å². The van der Waals surface area contributed by atoms with Crippen molar-refractivity contribution in [1.29, 1.82) is 0 Å². The van der Waals surface area contributed by atoms with E-state index in [1.807, 2.05) is 26.8 Å². The number of fused-ring (bicyclic) bond motifs is 2. The average molecular weight is 323 g/mol. The van der Waals surface area contributed by atoms with Crippen LogP contribution < -0.4 is 15.5 Å². The van der Waals surface area contributed by atoms with Crippen molar-refractivity contribution in [3.63, 3.8) is 0 Å². The van der Waals surface area contributed by atoms with E-state index in [0.717, 1.165) is 24.5 Å². The van der Waals surface area contributed by atoms with Gasteiger partial charge in [0.15, 0.2) is 11.6 Å². The lowest BCUT2D eigenvalue weighted by Gasteiger charge is -2.31. The van der Waals surface area contributed by atoms with Crippen molar-refractivity contribution in [1.82, 2.24) is 9.97 Å². The minimum Gasteiger partial charge on any atom is -0.356 e. The number of rotatable bonds is 2. The highest BCUT2D eigenvalue weighted by Gasteiger charge is 2.33. The standard InChI is InChI=1S/C18H21N5O/c1-10(2)14-18(24)22-15-16(21-14)19-11(3)20-17(15)23-9-8-12-6-4-5-7-13(12)23/h4-7,10,14H,8-9H2,1-3H3,(H,22,24)(H,19,20,21). The van der Waals surface area contributed by atoms with E-state index in [1.54, 1.807) is 0 Å². The molecule has 2 aromatic rings. The van der Waals surface area contributed by atoms with Crippen LogP contribution in [-0.4, -0.2) is 28.5 Å². The van der Waals surface area contributed by atoms with Crippen molar-refractivity contribution in [2.24, 2.45) is 5.92 Å². The molecule has 0 saturated heterocycles. The van der Waals surface area contributed by atoms with Gasteiger partial charge in [0.2, 0.25) is 5.91 Å². The van der Waals surface area contributed by atoms with E-state index in [0.29, 0.717) is 17.3 Å². The number of hydrogen-bond acceptors (Lipinski definition) is 5. The SMILES string of the molecule is Cc1nc2c(c(N3CCc4ccccc43)n1)NC(=O)C(C(C)C)N2. The molecule has 1 atom stereocenters. The summed E-state index contributed by atoms with van der Waals surface area (Å²) in [5.41, 5.74) is 3.13. The van der Waals surface area contributed by atoms with Gasteiger partial charge in [0.25, 0.3) is 0 Å². The molecule has 1 amide bonds. The van der Waals surface area contributed by atoms with Crippen LogP contribution in [0.5, 0.6) is 0 Å². The van der Waals surface area contributed by atoms with Crippen LogP contribution in [0.1, 0.15) is 25.2 Å². The first kappa shape index (κ1) is 14.9. The second-order valence-corrected chi connectivity index (χ2v) is 6.70. The van der Waals surface area contributed by atoms with Gasteiger partial charge in [-0.25, -0.2) is 9.97 Å². The van der Waals surface area contributed by atoms with E-state index >= 15 is 0 Å². The fourth-order valence-corrected chi connectivity index (χ4v) is 3.41. The topological polar surface area (TPSA) is 70.2 Å². The maximum Gasteiger partial charge on any atom is 0.247 e.